The number of benzene rings is 2. The van der Waals surface area contributed by atoms with E-state index < -0.39 is 11.9 Å². The minimum atomic E-state index is -0.987. The molecule has 0 saturated heterocycles. The lowest BCUT2D eigenvalue weighted by Gasteiger charge is -2.10. The van der Waals surface area contributed by atoms with Gasteiger partial charge in [0.2, 0.25) is 0 Å². The first kappa shape index (κ1) is 18.2. The molecular weight excluding hydrogens is 371 g/mol. The molecule has 0 radical (unpaired) electrons. The lowest BCUT2D eigenvalue weighted by atomic mass is 10.1. The Morgan fingerprint density at radius 3 is 2.21 bits per heavy atom. The molecule has 0 aliphatic rings. The van der Waals surface area contributed by atoms with Gasteiger partial charge < -0.3 is 10.4 Å². The highest BCUT2D eigenvalue weighted by atomic mass is 35.5. The third kappa shape index (κ3) is 4.92. The fraction of sp³-hybridized carbons (Fsp3) is 0.0625. The molecule has 0 aliphatic heterocycles. The number of amides is 1. The number of carboxylic acids is 1. The summed E-state index contributed by atoms with van der Waals surface area (Å²) in [5.74, 6) is -1.40. The Balaban J connectivity index is 1.89. The molecule has 5 nitrogen and oxygen atoms in total. The molecular formula is C16H12Cl2N2O3S. The number of carbonyl (C=O) groups is 2. The molecule has 3 N–H and O–H groups in total. The maximum Gasteiger partial charge on any atom is 0.335 e. The summed E-state index contributed by atoms with van der Waals surface area (Å²) in [6, 6.07) is 10.8. The molecule has 1 amide bonds. The zero-order chi connectivity index (χ0) is 17.7. The Morgan fingerprint density at radius 1 is 1.00 bits per heavy atom. The zero-order valence-corrected chi connectivity index (χ0v) is 14.5. The monoisotopic (exact) mass is 382 g/mol. The van der Waals surface area contributed by atoms with Gasteiger partial charge in [-0.25, -0.2) is 4.79 Å². The quantitative estimate of drug-likeness (QED) is 0.705. The van der Waals surface area contributed by atoms with E-state index >= 15 is 0 Å². The topological polar surface area (TPSA) is 78.4 Å². The van der Waals surface area contributed by atoms with Gasteiger partial charge in [-0.05, 0) is 48.1 Å². The molecule has 2 aromatic carbocycles. The summed E-state index contributed by atoms with van der Waals surface area (Å²) in [5.41, 5.74) is 1.36. The number of carbonyl (C=O) groups excluding carboxylic acids is 1. The van der Waals surface area contributed by atoms with E-state index in [1.54, 1.807) is 12.1 Å². The highest BCUT2D eigenvalue weighted by Gasteiger charge is 2.10. The third-order valence-corrected chi connectivity index (χ3v) is 4.05. The van der Waals surface area contributed by atoms with E-state index in [-0.39, 0.29) is 15.7 Å². The molecule has 8 heteroatoms. The summed E-state index contributed by atoms with van der Waals surface area (Å²) >= 11 is 16.7. The second-order valence-electron chi connectivity index (χ2n) is 4.77. The third-order valence-electron chi connectivity index (χ3n) is 3.06. The molecule has 0 aliphatic carbocycles. The van der Waals surface area contributed by atoms with Gasteiger partial charge in [0.25, 0.3) is 5.91 Å². The molecule has 0 unspecified atom stereocenters. The number of hydrogen-bond acceptors (Lipinski definition) is 3. The van der Waals surface area contributed by atoms with E-state index in [9.17, 15) is 9.59 Å². The van der Waals surface area contributed by atoms with E-state index in [1.165, 1.54) is 30.3 Å². The number of rotatable bonds is 4. The predicted octanol–water partition coefficient (Wildman–Crippen LogP) is 3.50. The number of hydrogen-bond donors (Lipinski definition) is 3. The molecule has 0 aromatic heterocycles. The molecule has 24 heavy (non-hydrogen) atoms. The van der Waals surface area contributed by atoms with Crippen LogP contribution < -0.4 is 10.6 Å². The van der Waals surface area contributed by atoms with Crippen molar-refractivity contribution in [2.75, 3.05) is 0 Å². The van der Waals surface area contributed by atoms with Gasteiger partial charge in [-0.2, -0.15) is 0 Å². The fourth-order valence-electron chi connectivity index (χ4n) is 1.80. The van der Waals surface area contributed by atoms with Gasteiger partial charge in [-0.3, -0.25) is 10.1 Å². The normalized spacial score (nSPS) is 10.1. The van der Waals surface area contributed by atoms with E-state index in [0.29, 0.717) is 17.1 Å². The summed E-state index contributed by atoms with van der Waals surface area (Å²) in [6.45, 7) is 0.348. The van der Waals surface area contributed by atoms with E-state index in [1.807, 2.05) is 0 Å². The molecule has 0 fully saturated rings. The van der Waals surface area contributed by atoms with E-state index in [0.717, 1.165) is 5.56 Å². The van der Waals surface area contributed by atoms with Crippen molar-refractivity contribution < 1.29 is 14.7 Å². The molecule has 0 atom stereocenters. The van der Waals surface area contributed by atoms with Crippen molar-refractivity contribution in [2.24, 2.45) is 0 Å². The summed E-state index contributed by atoms with van der Waals surface area (Å²) in [5, 5.41) is 15.0. The van der Waals surface area contributed by atoms with Gasteiger partial charge in [-0.15, -0.1) is 0 Å². The number of carboxylic acid groups (broad SMARTS) is 1. The molecule has 0 spiro atoms. The van der Waals surface area contributed by atoms with Crippen molar-refractivity contribution in [1.29, 1.82) is 0 Å². The Bertz CT molecular complexity index is 794. The van der Waals surface area contributed by atoms with Crippen LogP contribution in [0.25, 0.3) is 0 Å². The highest BCUT2D eigenvalue weighted by Crippen LogP contribution is 2.22. The number of nitrogens with one attached hydrogen (secondary N) is 2. The Morgan fingerprint density at radius 2 is 1.62 bits per heavy atom. The maximum atomic E-state index is 12.0. The van der Waals surface area contributed by atoms with Gasteiger partial charge in [0, 0.05) is 12.1 Å². The number of thiocarbonyl (C=S) groups is 1. The van der Waals surface area contributed by atoms with Crippen LogP contribution in [0.4, 0.5) is 0 Å². The smallest absolute Gasteiger partial charge is 0.335 e. The molecule has 0 saturated carbocycles. The van der Waals surface area contributed by atoms with Gasteiger partial charge in [0.15, 0.2) is 5.11 Å². The second-order valence-corrected chi connectivity index (χ2v) is 5.99. The largest absolute Gasteiger partial charge is 0.478 e. The van der Waals surface area contributed by atoms with E-state index in [4.69, 9.17) is 40.5 Å². The van der Waals surface area contributed by atoms with Crippen LogP contribution in [0.5, 0.6) is 0 Å². The van der Waals surface area contributed by atoms with Gasteiger partial charge >= 0.3 is 5.97 Å². The lowest BCUT2D eigenvalue weighted by molar-refractivity contribution is 0.0696. The molecule has 2 aromatic rings. The number of halogens is 2. The van der Waals surface area contributed by atoms with Crippen molar-refractivity contribution in [1.82, 2.24) is 10.6 Å². The van der Waals surface area contributed by atoms with Gasteiger partial charge in [0.05, 0.1) is 15.6 Å². The minimum Gasteiger partial charge on any atom is -0.478 e. The van der Waals surface area contributed by atoms with Crippen molar-refractivity contribution in [2.45, 2.75) is 6.54 Å². The van der Waals surface area contributed by atoms with Crippen LogP contribution in [0.15, 0.2) is 42.5 Å². The van der Waals surface area contributed by atoms with Crippen LogP contribution in [0.1, 0.15) is 26.3 Å². The van der Waals surface area contributed by atoms with Gasteiger partial charge in [-0.1, -0.05) is 35.3 Å². The van der Waals surface area contributed by atoms with Crippen LogP contribution in [0, 0.1) is 0 Å². The van der Waals surface area contributed by atoms with Crippen LogP contribution >= 0.6 is 35.4 Å². The Hall–Kier alpha value is -2.15. The maximum absolute atomic E-state index is 12.0. The van der Waals surface area contributed by atoms with Crippen molar-refractivity contribution in [3.05, 3.63) is 69.2 Å². The predicted molar refractivity (Wildman–Crippen MR) is 96.8 cm³/mol. The highest BCUT2D eigenvalue weighted by molar-refractivity contribution is 7.80. The van der Waals surface area contributed by atoms with Crippen LogP contribution in [0.2, 0.25) is 10.0 Å². The van der Waals surface area contributed by atoms with Crippen molar-refractivity contribution in [3.8, 4) is 0 Å². The van der Waals surface area contributed by atoms with Crippen LogP contribution in [-0.4, -0.2) is 22.1 Å². The van der Waals surface area contributed by atoms with Crippen molar-refractivity contribution >= 4 is 52.4 Å². The molecule has 124 valence electrons. The first-order valence-corrected chi connectivity index (χ1v) is 7.89. The minimum absolute atomic E-state index is 0.147. The SMILES string of the molecule is O=C(O)c1ccc(CNC(=S)NC(=O)c2ccc(Cl)c(Cl)c2)cc1. The summed E-state index contributed by atoms with van der Waals surface area (Å²) in [7, 11) is 0. The van der Waals surface area contributed by atoms with Crippen LogP contribution in [0.3, 0.4) is 0 Å². The van der Waals surface area contributed by atoms with Crippen LogP contribution in [-0.2, 0) is 6.54 Å². The average Bonchev–Trinajstić information content (AvgIpc) is 2.55. The van der Waals surface area contributed by atoms with Crippen molar-refractivity contribution in [3.63, 3.8) is 0 Å². The summed E-state index contributed by atoms with van der Waals surface area (Å²) in [4.78, 5) is 22.8. The fourth-order valence-corrected chi connectivity index (χ4v) is 2.27. The van der Waals surface area contributed by atoms with E-state index in [2.05, 4.69) is 10.6 Å². The summed E-state index contributed by atoms with van der Waals surface area (Å²) < 4.78 is 0. The summed E-state index contributed by atoms with van der Waals surface area (Å²) in [6.07, 6.45) is 0. The number of aromatic carboxylic acids is 1. The first-order valence-electron chi connectivity index (χ1n) is 6.73. The second kappa shape index (κ2) is 8.10. The standard InChI is InChI=1S/C16H12Cl2N2O3S/c17-12-6-5-11(7-13(12)18)14(21)20-16(24)19-8-9-1-3-10(4-2-9)15(22)23/h1-7H,8H2,(H,22,23)(H2,19,20,21,24). The zero-order valence-electron chi connectivity index (χ0n) is 12.2. The molecule has 0 heterocycles. The Labute approximate surface area is 153 Å². The Kier molecular flexibility index (Phi) is 6.14. The average molecular weight is 383 g/mol. The lowest BCUT2D eigenvalue weighted by Crippen LogP contribution is -2.38. The first-order chi connectivity index (χ1) is 11.4. The molecule has 2 rings (SSSR count). The van der Waals surface area contributed by atoms with Gasteiger partial charge in [0.1, 0.15) is 0 Å². The molecule has 0 bridgehead atoms.